The van der Waals surface area contributed by atoms with Crippen LogP contribution in [0.15, 0.2) is 29.2 Å². The van der Waals surface area contributed by atoms with Gasteiger partial charge >= 0.3 is 0 Å². The largest absolute Gasteiger partial charge is 0.337 e. The standard InChI is InChI=1S/C16H25N3O3S.ClH/c1-3-19(4-2)23(21,22)15-9-7-13(8-10-15)16(20)18-11-5-6-14(17)12-18;/h7-10,14H,3-6,11-12,17H2,1-2H3;1H. The Kier molecular flexibility index (Phi) is 7.66. The number of rotatable bonds is 5. The van der Waals surface area contributed by atoms with Crippen molar-refractivity contribution in [2.24, 2.45) is 5.73 Å². The fourth-order valence-corrected chi connectivity index (χ4v) is 4.32. The number of sulfonamides is 1. The molecule has 0 radical (unpaired) electrons. The van der Waals surface area contributed by atoms with Gasteiger partial charge in [-0.15, -0.1) is 12.4 Å². The van der Waals surface area contributed by atoms with E-state index in [0.29, 0.717) is 31.7 Å². The highest BCUT2D eigenvalue weighted by Gasteiger charge is 2.24. The number of hydrogen-bond acceptors (Lipinski definition) is 4. The normalized spacial score (nSPS) is 18.3. The van der Waals surface area contributed by atoms with E-state index in [9.17, 15) is 13.2 Å². The average molecular weight is 376 g/mol. The summed E-state index contributed by atoms with van der Waals surface area (Å²) in [7, 11) is -3.49. The molecule has 1 aliphatic rings. The maximum absolute atomic E-state index is 12.5. The topological polar surface area (TPSA) is 83.7 Å². The van der Waals surface area contributed by atoms with Crippen LogP contribution < -0.4 is 5.73 Å². The second-order valence-electron chi connectivity index (χ2n) is 5.77. The summed E-state index contributed by atoms with van der Waals surface area (Å²) < 4.78 is 26.3. The summed E-state index contributed by atoms with van der Waals surface area (Å²) >= 11 is 0. The number of likely N-dealkylation sites (tertiary alicyclic amines) is 1. The Morgan fingerprint density at radius 1 is 1.25 bits per heavy atom. The highest BCUT2D eigenvalue weighted by Crippen LogP contribution is 2.18. The van der Waals surface area contributed by atoms with Crippen molar-refractivity contribution in [3.63, 3.8) is 0 Å². The number of nitrogens with two attached hydrogens (primary N) is 1. The molecule has 1 fully saturated rings. The number of piperidine rings is 1. The molecule has 1 aromatic rings. The van der Waals surface area contributed by atoms with Gasteiger partial charge in [-0.3, -0.25) is 4.79 Å². The molecule has 6 nitrogen and oxygen atoms in total. The van der Waals surface area contributed by atoms with Crippen molar-refractivity contribution in [2.75, 3.05) is 26.2 Å². The number of nitrogens with zero attached hydrogens (tertiary/aromatic N) is 2. The Balaban J connectivity index is 0.00000288. The summed E-state index contributed by atoms with van der Waals surface area (Å²) in [6.45, 7) is 5.71. The molecule has 1 atom stereocenters. The maximum atomic E-state index is 12.5. The van der Waals surface area contributed by atoms with Crippen molar-refractivity contribution in [1.29, 1.82) is 0 Å². The lowest BCUT2D eigenvalue weighted by Gasteiger charge is -2.30. The average Bonchev–Trinajstić information content (AvgIpc) is 2.55. The molecule has 1 aliphatic heterocycles. The summed E-state index contributed by atoms with van der Waals surface area (Å²) in [4.78, 5) is 14.4. The van der Waals surface area contributed by atoms with Gasteiger partial charge in [0.2, 0.25) is 10.0 Å². The van der Waals surface area contributed by atoms with E-state index in [2.05, 4.69) is 0 Å². The van der Waals surface area contributed by atoms with Gasteiger partial charge < -0.3 is 10.6 Å². The minimum atomic E-state index is -3.49. The van der Waals surface area contributed by atoms with Crippen molar-refractivity contribution >= 4 is 28.3 Å². The van der Waals surface area contributed by atoms with E-state index in [1.807, 2.05) is 0 Å². The first-order valence-electron chi connectivity index (χ1n) is 8.05. The molecule has 136 valence electrons. The lowest BCUT2D eigenvalue weighted by molar-refractivity contribution is 0.0708. The van der Waals surface area contributed by atoms with Gasteiger partial charge in [-0.1, -0.05) is 13.8 Å². The number of carbonyl (C=O) groups excluding carboxylic acids is 1. The number of benzene rings is 1. The molecule has 0 aromatic heterocycles. The first-order chi connectivity index (χ1) is 10.9. The van der Waals surface area contributed by atoms with Crippen LogP contribution in [0.3, 0.4) is 0 Å². The van der Waals surface area contributed by atoms with Crippen LogP contribution in [0.4, 0.5) is 0 Å². The predicted octanol–water partition coefficient (Wildman–Crippen LogP) is 1.70. The fourth-order valence-electron chi connectivity index (χ4n) is 2.86. The van der Waals surface area contributed by atoms with E-state index in [1.165, 1.54) is 16.4 Å². The van der Waals surface area contributed by atoms with Crippen LogP contribution in [0.5, 0.6) is 0 Å². The van der Waals surface area contributed by atoms with Crippen LogP contribution in [0.1, 0.15) is 37.0 Å². The Labute approximate surface area is 150 Å². The molecule has 0 spiro atoms. The third kappa shape index (κ3) is 4.47. The van der Waals surface area contributed by atoms with Crippen LogP contribution in [0, 0.1) is 0 Å². The van der Waals surface area contributed by atoms with Crippen LogP contribution in [-0.2, 0) is 10.0 Å². The Morgan fingerprint density at radius 3 is 2.33 bits per heavy atom. The molecule has 0 aliphatic carbocycles. The van der Waals surface area contributed by atoms with E-state index in [-0.39, 0.29) is 29.3 Å². The van der Waals surface area contributed by atoms with Gasteiger partial charge in [0, 0.05) is 37.8 Å². The number of amides is 1. The maximum Gasteiger partial charge on any atom is 0.253 e. The van der Waals surface area contributed by atoms with Crippen molar-refractivity contribution in [1.82, 2.24) is 9.21 Å². The Morgan fingerprint density at radius 2 is 1.83 bits per heavy atom. The van der Waals surface area contributed by atoms with Gasteiger partial charge in [0.15, 0.2) is 0 Å². The van der Waals surface area contributed by atoms with Crippen LogP contribution in [-0.4, -0.2) is 55.8 Å². The van der Waals surface area contributed by atoms with E-state index in [4.69, 9.17) is 5.73 Å². The molecule has 0 saturated carbocycles. The third-order valence-corrected chi connectivity index (χ3v) is 6.25. The van der Waals surface area contributed by atoms with Gasteiger partial charge in [0.05, 0.1) is 4.90 Å². The first-order valence-corrected chi connectivity index (χ1v) is 9.49. The van der Waals surface area contributed by atoms with Crippen molar-refractivity contribution < 1.29 is 13.2 Å². The van der Waals surface area contributed by atoms with E-state index in [0.717, 1.165) is 12.8 Å². The number of halogens is 1. The minimum Gasteiger partial charge on any atom is -0.337 e. The summed E-state index contributed by atoms with van der Waals surface area (Å²) in [6.07, 6.45) is 1.84. The smallest absolute Gasteiger partial charge is 0.253 e. The monoisotopic (exact) mass is 375 g/mol. The highest BCUT2D eigenvalue weighted by atomic mass is 35.5. The zero-order chi connectivity index (χ0) is 17.0. The van der Waals surface area contributed by atoms with Gasteiger partial charge in [-0.25, -0.2) is 8.42 Å². The van der Waals surface area contributed by atoms with E-state index >= 15 is 0 Å². The Hall–Kier alpha value is -1.15. The summed E-state index contributed by atoms with van der Waals surface area (Å²) in [5.41, 5.74) is 6.41. The molecule has 1 saturated heterocycles. The first kappa shape index (κ1) is 20.9. The molecule has 1 amide bonds. The summed E-state index contributed by atoms with van der Waals surface area (Å²) in [5.74, 6) is -0.0908. The van der Waals surface area contributed by atoms with Crippen molar-refractivity contribution in [2.45, 2.75) is 37.6 Å². The zero-order valence-electron chi connectivity index (χ0n) is 14.1. The Bertz CT molecular complexity index is 645. The molecule has 1 heterocycles. The molecular formula is C16H26ClN3O3S. The van der Waals surface area contributed by atoms with E-state index in [1.54, 1.807) is 30.9 Å². The van der Waals surface area contributed by atoms with Gasteiger partial charge in [-0.05, 0) is 37.1 Å². The molecule has 1 unspecified atom stereocenters. The minimum absolute atomic E-state index is 0. The molecule has 1 aromatic carbocycles. The molecule has 8 heteroatoms. The fraction of sp³-hybridized carbons (Fsp3) is 0.562. The second kappa shape index (κ2) is 8.80. The van der Waals surface area contributed by atoms with Crippen LogP contribution in [0.2, 0.25) is 0 Å². The van der Waals surface area contributed by atoms with Gasteiger partial charge in [0.1, 0.15) is 0 Å². The third-order valence-electron chi connectivity index (χ3n) is 4.19. The van der Waals surface area contributed by atoms with Gasteiger partial charge in [-0.2, -0.15) is 4.31 Å². The van der Waals surface area contributed by atoms with Crippen molar-refractivity contribution in [3.8, 4) is 0 Å². The van der Waals surface area contributed by atoms with Gasteiger partial charge in [0.25, 0.3) is 5.91 Å². The molecule has 0 bridgehead atoms. The summed E-state index contributed by atoms with van der Waals surface area (Å²) in [5, 5.41) is 0. The van der Waals surface area contributed by atoms with Crippen LogP contribution in [0.25, 0.3) is 0 Å². The lowest BCUT2D eigenvalue weighted by Crippen LogP contribution is -2.45. The zero-order valence-corrected chi connectivity index (χ0v) is 15.8. The molecule has 24 heavy (non-hydrogen) atoms. The van der Waals surface area contributed by atoms with Crippen molar-refractivity contribution in [3.05, 3.63) is 29.8 Å². The lowest BCUT2D eigenvalue weighted by atomic mass is 10.1. The highest BCUT2D eigenvalue weighted by molar-refractivity contribution is 7.89. The number of carbonyl (C=O) groups is 1. The summed E-state index contributed by atoms with van der Waals surface area (Å²) in [6, 6.07) is 6.20. The predicted molar refractivity (Wildman–Crippen MR) is 96.9 cm³/mol. The second-order valence-corrected chi connectivity index (χ2v) is 7.71. The molecule has 2 N–H and O–H groups in total. The SMILES string of the molecule is CCN(CC)S(=O)(=O)c1ccc(C(=O)N2CCCC(N)C2)cc1.Cl. The van der Waals surface area contributed by atoms with Crippen LogP contribution >= 0.6 is 12.4 Å². The molecule has 2 rings (SSSR count). The quantitative estimate of drug-likeness (QED) is 0.848. The molecular weight excluding hydrogens is 350 g/mol. The van der Waals surface area contributed by atoms with E-state index < -0.39 is 10.0 Å². The number of hydrogen-bond donors (Lipinski definition) is 1.